The van der Waals surface area contributed by atoms with E-state index in [1.54, 1.807) is 12.1 Å². The van der Waals surface area contributed by atoms with E-state index >= 15 is 0 Å². The minimum Gasteiger partial charge on any atom is -0.490 e. The van der Waals surface area contributed by atoms with Gasteiger partial charge in [0, 0.05) is 4.47 Å². The first-order valence-electron chi connectivity index (χ1n) is 6.89. The van der Waals surface area contributed by atoms with Crippen molar-refractivity contribution in [2.75, 3.05) is 0 Å². The second-order valence-corrected chi connectivity index (χ2v) is 6.22. The van der Waals surface area contributed by atoms with Crippen molar-refractivity contribution >= 4 is 21.9 Å². The molecular formula is C15H17BrO3. The molecule has 4 heteroatoms. The molecule has 2 aliphatic carbocycles. The second kappa shape index (κ2) is 5.53. The molecule has 2 fully saturated rings. The Morgan fingerprint density at radius 3 is 2.32 bits per heavy atom. The number of benzene rings is 1. The summed E-state index contributed by atoms with van der Waals surface area (Å²) in [6.07, 6.45) is 7.01. The van der Waals surface area contributed by atoms with Crippen LogP contribution in [0.5, 0.6) is 5.75 Å². The van der Waals surface area contributed by atoms with Gasteiger partial charge < -0.3 is 9.47 Å². The molecule has 0 aromatic heterocycles. The smallest absolute Gasteiger partial charge is 0.338 e. The molecule has 0 spiro atoms. The Morgan fingerprint density at radius 1 is 1.05 bits per heavy atom. The minimum absolute atomic E-state index is 0.113. The standard InChI is InChI=1S/C15H17BrO3/c16-11-7-10(15(17)19-13-5-2-6-13)8-14(9-11)18-12-3-1-4-12/h7-9,12-13H,1-6H2. The molecule has 102 valence electrons. The van der Waals surface area contributed by atoms with Gasteiger partial charge in [0.25, 0.3) is 0 Å². The van der Waals surface area contributed by atoms with Crippen LogP contribution >= 0.6 is 15.9 Å². The highest BCUT2D eigenvalue weighted by molar-refractivity contribution is 9.10. The molecule has 3 nitrogen and oxygen atoms in total. The molecule has 2 aliphatic rings. The van der Waals surface area contributed by atoms with Gasteiger partial charge >= 0.3 is 5.97 Å². The second-order valence-electron chi connectivity index (χ2n) is 5.30. The molecule has 0 heterocycles. The molecule has 2 saturated carbocycles. The van der Waals surface area contributed by atoms with Gasteiger partial charge in [-0.1, -0.05) is 15.9 Å². The van der Waals surface area contributed by atoms with E-state index in [9.17, 15) is 4.79 Å². The predicted molar refractivity (Wildman–Crippen MR) is 75.5 cm³/mol. The lowest BCUT2D eigenvalue weighted by atomic mass is 9.96. The Kier molecular flexibility index (Phi) is 3.78. The number of esters is 1. The summed E-state index contributed by atoms with van der Waals surface area (Å²) in [6.45, 7) is 0. The maximum atomic E-state index is 12.0. The highest BCUT2D eigenvalue weighted by atomic mass is 79.9. The fraction of sp³-hybridized carbons (Fsp3) is 0.533. The maximum Gasteiger partial charge on any atom is 0.338 e. The van der Waals surface area contributed by atoms with Crippen molar-refractivity contribution < 1.29 is 14.3 Å². The number of hydrogen-bond acceptors (Lipinski definition) is 3. The first-order valence-corrected chi connectivity index (χ1v) is 7.68. The van der Waals surface area contributed by atoms with Gasteiger partial charge in [0.15, 0.2) is 0 Å². The van der Waals surface area contributed by atoms with Crippen molar-refractivity contribution in [1.82, 2.24) is 0 Å². The fourth-order valence-electron chi connectivity index (χ4n) is 2.14. The summed E-state index contributed by atoms with van der Waals surface area (Å²) in [5, 5.41) is 0. The quantitative estimate of drug-likeness (QED) is 0.782. The Hall–Kier alpha value is -1.03. The van der Waals surface area contributed by atoms with Crippen molar-refractivity contribution in [1.29, 1.82) is 0 Å². The van der Waals surface area contributed by atoms with Gasteiger partial charge in [-0.3, -0.25) is 0 Å². The SMILES string of the molecule is O=C(OC1CCC1)c1cc(Br)cc(OC2CCC2)c1. The average Bonchev–Trinajstić information content (AvgIpc) is 2.27. The largest absolute Gasteiger partial charge is 0.490 e. The van der Waals surface area contributed by atoms with Gasteiger partial charge in [0.2, 0.25) is 0 Å². The lowest BCUT2D eigenvalue weighted by Crippen LogP contribution is -2.26. The topological polar surface area (TPSA) is 35.5 Å². The minimum atomic E-state index is -0.246. The van der Waals surface area contributed by atoms with E-state index < -0.39 is 0 Å². The van der Waals surface area contributed by atoms with E-state index in [2.05, 4.69) is 15.9 Å². The summed E-state index contributed by atoms with van der Waals surface area (Å²) in [7, 11) is 0. The number of carbonyl (C=O) groups excluding carboxylic acids is 1. The van der Waals surface area contributed by atoms with Crippen LogP contribution in [0.4, 0.5) is 0 Å². The zero-order valence-corrected chi connectivity index (χ0v) is 12.3. The molecule has 19 heavy (non-hydrogen) atoms. The lowest BCUT2D eigenvalue weighted by molar-refractivity contribution is 0.00891. The third kappa shape index (κ3) is 3.11. The molecule has 0 N–H and O–H groups in total. The highest BCUT2D eigenvalue weighted by Gasteiger charge is 2.24. The molecule has 0 saturated heterocycles. The zero-order valence-electron chi connectivity index (χ0n) is 10.7. The highest BCUT2D eigenvalue weighted by Crippen LogP contribution is 2.29. The molecule has 0 unspecified atom stereocenters. The van der Waals surface area contributed by atoms with Gasteiger partial charge in [0.05, 0.1) is 11.7 Å². The van der Waals surface area contributed by atoms with Crippen molar-refractivity contribution in [3.8, 4) is 5.75 Å². The van der Waals surface area contributed by atoms with Crippen LogP contribution in [0.2, 0.25) is 0 Å². The predicted octanol–water partition coefficient (Wildman–Crippen LogP) is 4.09. The number of rotatable bonds is 4. The Bertz CT molecular complexity index is 478. The van der Waals surface area contributed by atoms with E-state index in [1.165, 1.54) is 6.42 Å². The number of hydrogen-bond donors (Lipinski definition) is 0. The summed E-state index contributed by atoms with van der Waals surface area (Å²) >= 11 is 3.42. The summed E-state index contributed by atoms with van der Waals surface area (Å²) in [4.78, 5) is 12.0. The van der Waals surface area contributed by atoms with Crippen LogP contribution in [0.3, 0.4) is 0 Å². The van der Waals surface area contributed by atoms with Gasteiger partial charge in [0.1, 0.15) is 11.9 Å². The van der Waals surface area contributed by atoms with E-state index in [0.717, 1.165) is 42.3 Å². The molecule has 3 rings (SSSR count). The zero-order chi connectivity index (χ0) is 13.2. The number of carbonyl (C=O) groups is 1. The van der Waals surface area contributed by atoms with Crippen LogP contribution in [0.1, 0.15) is 48.9 Å². The number of ether oxygens (including phenoxy) is 2. The molecule has 0 aliphatic heterocycles. The molecule has 1 aromatic rings. The van der Waals surface area contributed by atoms with Crippen molar-refractivity contribution in [3.05, 3.63) is 28.2 Å². The third-order valence-corrected chi connectivity index (χ3v) is 4.25. The van der Waals surface area contributed by atoms with E-state index in [1.807, 2.05) is 6.07 Å². The normalized spacial score (nSPS) is 19.4. The summed E-state index contributed by atoms with van der Waals surface area (Å²) in [6, 6.07) is 5.47. The van der Waals surface area contributed by atoms with Gasteiger partial charge in [-0.15, -0.1) is 0 Å². The molecule has 0 atom stereocenters. The van der Waals surface area contributed by atoms with Crippen LogP contribution in [0.15, 0.2) is 22.7 Å². The molecule has 0 bridgehead atoms. The van der Waals surface area contributed by atoms with Gasteiger partial charge in [-0.25, -0.2) is 4.79 Å². The Balaban J connectivity index is 1.70. The van der Waals surface area contributed by atoms with E-state index in [-0.39, 0.29) is 12.1 Å². The van der Waals surface area contributed by atoms with Crippen LogP contribution in [0, 0.1) is 0 Å². The van der Waals surface area contributed by atoms with Crippen molar-refractivity contribution in [3.63, 3.8) is 0 Å². The summed E-state index contributed by atoms with van der Waals surface area (Å²) < 4.78 is 12.1. The molecular weight excluding hydrogens is 308 g/mol. The number of halogens is 1. The van der Waals surface area contributed by atoms with E-state index in [0.29, 0.717) is 11.7 Å². The van der Waals surface area contributed by atoms with Crippen LogP contribution < -0.4 is 4.74 Å². The summed E-state index contributed by atoms with van der Waals surface area (Å²) in [5.41, 5.74) is 0.565. The van der Waals surface area contributed by atoms with Crippen molar-refractivity contribution in [2.24, 2.45) is 0 Å². The summed E-state index contributed by atoms with van der Waals surface area (Å²) in [5.74, 6) is 0.504. The van der Waals surface area contributed by atoms with Crippen LogP contribution in [-0.4, -0.2) is 18.2 Å². The van der Waals surface area contributed by atoms with Crippen molar-refractivity contribution in [2.45, 2.75) is 50.7 Å². The van der Waals surface area contributed by atoms with E-state index in [4.69, 9.17) is 9.47 Å². The average molecular weight is 325 g/mol. The van der Waals surface area contributed by atoms with Crippen LogP contribution in [0.25, 0.3) is 0 Å². The van der Waals surface area contributed by atoms with Gasteiger partial charge in [-0.2, -0.15) is 0 Å². The Labute approximate surface area is 121 Å². The Morgan fingerprint density at radius 2 is 1.74 bits per heavy atom. The first-order chi connectivity index (χ1) is 9.20. The maximum absolute atomic E-state index is 12.0. The fourth-order valence-corrected chi connectivity index (χ4v) is 2.61. The van der Waals surface area contributed by atoms with Crippen LogP contribution in [-0.2, 0) is 4.74 Å². The lowest BCUT2D eigenvalue weighted by Gasteiger charge is -2.27. The first kappa shape index (κ1) is 13.0. The molecule has 0 radical (unpaired) electrons. The van der Waals surface area contributed by atoms with Gasteiger partial charge in [-0.05, 0) is 56.7 Å². The molecule has 0 amide bonds. The monoisotopic (exact) mass is 324 g/mol. The molecule has 1 aromatic carbocycles. The third-order valence-electron chi connectivity index (χ3n) is 3.79.